The molecule has 1 aromatic rings. The van der Waals surface area contributed by atoms with E-state index in [9.17, 15) is 9.18 Å². The summed E-state index contributed by atoms with van der Waals surface area (Å²) < 4.78 is 13.5. The third-order valence-corrected chi connectivity index (χ3v) is 2.84. The normalized spacial score (nSPS) is 13.2. The first-order valence-electron chi connectivity index (χ1n) is 5.08. The molecule has 0 aromatic heterocycles. The lowest BCUT2D eigenvalue weighted by molar-refractivity contribution is 0.0771. The molecule has 18 heavy (non-hydrogen) atoms. The molecule has 1 amide bonds. The number of nitrogens with zero attached hydrogens (tertiary/aromatic N) is 2. The van der Waals surface area contributed by atoms with Crippen LogP contribution >= 0.6 is 11.6 Å². The van der Waals surface area contributed by atoms with Gasteiger partial charge in [-0.15, -0.1) is 0 Å². The van der Waals surface area contributed by atoms with Crippen molar-refractivity contribution in [3.8, 4) is 0 Å². The summed E-state index contributed by atoms with van der Waals surface area (Å²) in [6.07, 6.45) is 0. The highest BCUT2D eigenvalue weighted by Gasteiger charge is 2.23. The number of hydrogen-bond acceptors (Lipinski definition) is 3. The summed E-state index contributed by atoms with van der Waals surface area (Å²) in [7, 11) is 1.42. The second kappa shape index (κ2) is 5.68. The molecule has 98 valence electrons. The Labute approximate surface area is 109 Å². The molecule has 0 saturated heterocycles. The minimum Gasteiger partial charge on any atom is -0.409 e. The molecule has 0 fully saturated rings. The number of rotatable bonds is 3. The Morgan fingerprint density at radius 1 is 1.61 bits per heavy atom. The molecule has 0 bridgehead atoms. The van der Waals surface area contributed by atoms with E-state index in [4.69, 9.17) is 22.5 Å². The van der Waals surface area contributed by atoms with Gasteiger partial charge in [-0.25, -0.2) is 4.39 Å². The average molecular weight is 274 g/mol. The van der Waals surface area contributed by atoms with Gasteiger partial charge in [0.15, 0.2) is 5.84 Å². The Balaban J connectivity index is 3.03. The topological polar surface area (TPSA) is 78.9 Å². The Kier molecular flexibility index (Phi) is 4.49. The highest BCUT2D eigenvalue weighted by atomic mass is 35.5. The number of likely N-dealkylation sites (N-methyl/N-ethyl adjacent to an activating group) is 1. The number of carbonyl (C=O) groups is 1. The summed E-state index contributed by atoms with van der Waals surface area (Å²) >= 11 is 5.71. The molecule has 0 aliphatic heterocycles. The zero-order chi connectivity index (χ0) is 13.9. The molecule has 5 nitrogen and oxygen atoms in total. The summed E-state index contributed by atoms with van der Waals surface area (Å²) in [6.45, 7) is 1.55. The van der Waals surface area contributed by atoms with Gasteiger partial charge in [-0.05, 0) is 25.1 Å². The molecule has 0 spiro atoms. The molecule has 3 N–H and O–H groups in total. The van der Waals surface area contributed by atoms with Crippen molar-refractivity contribution in [3.05, 3.63) is 34.6 Å². The molecule has 1 aromatic carbocycles. The van der Waals surface area contributed by atoms with Crippen molar-refractivity contribution in [2.75, 3.05) is 7.05 Å². The zero-order valence-corrected chi connectivity index (χ0v) is 10.6. The summed E-state index contributed by atoms with van der Waals surface area (Å²) in [4.78, 5) is 13.2. The van der Waals surface area contributed by atoms with Crippen molar-refractivity contribution in [2.24, 2.45) is 10.9 Å². The SMILES string of the molecule is CC(C(N)=NO)N(C)C(=O)c1cc(Cl)ccc1F. The van der Waals surface area contributed by atoms with Crippen molar-refractivity contribution in [1.82, 2.24) is 4.90 Å². The van der Waals surface area contributed by atoms with Crippen LogP contribution in [0.3, 0.4) is 0 Å². The van der Waals surface area contributed by atoms with E-state index >= 15 is 0 Å². The first-order chi connectivity index (χ1) is 8.38. The van der Waals surface area contributed by atoms with Crippen LogP contribution in [0.25, 0.3) is 0 Å². The molecule has 0 saturated carbocycles. The molecule has 1 rings (SSSR count). The predicted octanol–water partition coefficient (Wildman–Crippen LogP) is 1.69. The Hall–Kier alpha value is -1.82. The Morgan fingerprint density at radius 3 is 2.78 bits per heavy atom. The van der Waals surface area contributed by atoms with E-state index < -0.39 is 17.8 Å². The van der Waals surface area contributed by atoms with Crippen molar-refractivity contribution in [1.29, 1.82) is 0 Å². The quantitative estimate of drug-likeness (QED) is 0.381. The van der Waals surface area contributed by atoms with Crippen molar-refractivity contribution >= 4 is 23.3 Å². The number of nitrogens with two attached hydrogens (primary N) is 1. The maximum Gasteiger partial charge on any atom is 0.257 e. The minimum atomic E-state index is -0.678. The average Bonchev–Trinajstić information content (AvgIpc) is 2.38. The predicted molar refractivity (Wildman–Crippen MR) is 66.4 cm³/mol. The van der Waals surface area contributed by atoms with Crippen LogP contribution in [0, 0.1) is 5.82 Å². The molecular weight excluding hydrogens is 261 g/mol. The summed E-state index contributed by atoms with van der Waals surface area (Å²) in [5.41, 5.74) is 5.22. The van der Waals surface area contributed by atoms with Gasteiger partial charge in [-0.2, -0.15) is 0 Å². The van der Waals surface area contributed by atoms with Crippen LogP contribution in [0.1, 0.15) is 17.3 Å². The number of carbonyl (C=O) groups excluding carboxylic acids is 1. The first-order valence-corrected chi connectivity index (χ1v) is 5.46. The number of oxime groups is 1. The maximum absolute atomic E-state index is 13.5. The third-order valence-electron chi connectivity index (χ3n) is 2.60. The fourth-order valence-corrected chi connectivity index (χ4v) is 1.48. The van der Waals surface area contributed by atoms with Crippen molar-refractivity contribution in [3.63, 3.8) is 0 Å². The van der Waals surface area contributed by atoms with Gasteiger partial charge in [0.05, 0.1) is 11.6 Å². The van der Waals surface area contributed by atoms with E-state index in [-0.39, 0.29) is 16.4 Å². The largest absolute Gasteiger partial charge is 0.409 e. The van der Waals surface area contributed by atoms with Gasteiger partial charge < -0.3 is 15.8 Å². The van der Waals surface area contributed by atoms with E-state index in [2.05, 4.69) is 5.16 Å². The van der Waals surface area contributed by atoms with E-state index in [0.717, 1.165) is 11.0 Å². The number of hydrogen-bond donors (Lipinski definition) is 2. The number of amidine groups is 1. The molecule has 0 radical (unpaired) electrons. The summed E-state index contributed by atoms with van der Waals surface area (Å²) in [6, 6.07) is 3.02. The number of benzene rings is 1. The lowest BCUT2D eigenvalue weighted by Crippen LogP contribution is -2.44. The van der Waals surface area contributed by atoms with E-state index in [1.165, 1.54) is 19.2 Å². The van der Waals surface area contributed by atoms with Crippen molar-refractivity contribution < 1.29 is 14.4 Å². The standard InChI is InChI=1S/C11H13ClFN3O2/c1-6(10(14)15-18)16(2)11(17)8-5-7(12)3-4-9(8)13/h3-6,18H,1-2H3,(H2,14,15). The Morgan fingerprint density at radius 2 is 2.22 bits per heavy atom. The van der Waals surface area contributed by atoms with E-state index in [0.29, 0.717) is 0 Å². The number of halogens is 2. The monoisotopic (exact) mass is 273 g/mol. The zero-order valence-electron chi connectivity index (χ0n) is 9.89. The lowest BCUT2D eigenvalue weighted by Gasteiger charge is -2.24. The third kappa shape index (κ3) is 2.89. The second-order valence-corrected chi connectivity index (χ2v) is 4.18. The molecule has 1 atom stereocenters. The first kappa shape index (κ1) is 14.2. The highest BCUT2D eigenvalue weighted by Crippen LogP contribution is 2.17. The van der Waals surface area contributed by atoms with Crippen LogP contribution in [-0.4, -0.2) is 34.9 Å². The van der Waals surface area contributed by atoms with Gasteiger partial charge >= 0.3 is 0 Å². The van der Waals surface area contributed by atoms with Crippen molar-refractivity contribution in [2.45, 2.75) is 13.0 Å². The molecule has 0 aliphatic rings. The van der Waals surface area contributed by atoms with Crippen LogP contribution in [0.5, 0.6) is 0 Å². The second-order valence-electron chi connectivity index (χ2n) is 3.74. The lowest BCUT2D eigenvalue weighted by atomic mass is 10.1. The molecule has 0 heterocycles. The van der Waals surface area contributed by atoms with Gasteiger partial charge in [0.1, 0.15) is 5.82 Å². The fourth-order valence-electron chi connectivity index (χ4n) is 1.31. The highest BCUT2D eigenvalue weighted by molar-refractivity contribution is 6.31. The van der Waals surface area contributed by atoms with Crippen LogP contribution in [-0.2, 0) is 0 Å². The van der Waals surface area contributed by atoms with Gasteiger partial charge in [0.25, 0.3) is 5.91 Å². The summed E-state index contributed by atoms with van der Waals surface area (Å²) in [5, 5.41) is 11.6. The van der Waals surface area contributed by atoms with Gasteiger partial charge in [0, 0.05) is 12.1 Å². The minimum absolute atomic E-state index is 0.145. The van der Waals surface area contributed by atoms with Crippen LogP contribution in [0.2, 0.25) is 5.02 Å². The van der Waals surface area contributed by atoms with E-state index in [1.807, 2.05) is 0 Å². The fraction of sp³-hybridized carbons (Fsp3) is 0.273. The Bertz CT molecular complexity index is 493. The van der Waals surface area contributed by atoms with Crippen LogP contribution < -0.4 is 5.73 Å². The smallest absolute Gasteiger partial charge is 0.257 e. The summed E-state index contributed by atoms with van der Waals surface area (Å²) in [5.74, 6) is -1.43. The van der Waals surface area contributed by atoms with Crippen LogP contribution in [0.4, 0.5) is 4.39 Å². The van der Waals surface area contributed by atoms with Gasteiger partial charge in [0.2, 0.25) is 0 Å². The molecular formula is C11H13ClFN3O2. The van der Waals surface area contributed by atoms with Gasteiger partial charge in [-0.3, -0.25) is 4.79 Å². The maximum atomic E-state index is 13.5. The van der Waals surface area contributed by atoms with Crippen LogP contribution in [0.15, 0.2) is 23.4 Å². The molecule has 1 unspecified atom stereocenters. The molecule has 7 heteroatoms. The number of amides is 1. The van der Waals surface area contributed by atoms with E-state index in [1.54, 1.807) is 6.92 Å². The molecule has 0 aliphatic carbocycles. The van der Waals surface area contributed by atoms with Gasteiger partial charge in [-0.1, -0.05) is 16.8 Å².